The first-order valence-electron chi connectivity index (χ1n) is 8.80. The molecule has 0 aliphatic rings. The molecule has 1 N–H and O–H groups in total. The summed E-state index contributed by atoms with van der Waals surface area (Å²) in [5, 5.41) is 22.3. The van der Waals surface area contributed by atoms with Crippen LogP contribution in [-0.4, -0.2) is 31.3 Å². The SMILES string of the molecule is Cn1c(CSCc2ccc(F)cc2)nnc1SCC(=O)Nc1ccc([N+](=O)[O-])cc1. The van der Waals surface area contributed by atoms with Gasteiger partial charge in [0.05, 0.1) is 16.4 Å². The van der Waals surface area contributed by atoms with Crippen LogP contribution in [0.5, 0.6) is 0 Å². The lowest BCUT2D eigenvalue weighted by Crippen LogP contribution is -2.14. The van der Waals surface area contributed by atoms with Crippen molar-refractivity contribution in [2.24, 2.45) is 7.05 Å². The van der Waals surface area contributed by atoms with Crippen molar-refractivity contribution >= 4 is 40.8 Å². The summed E-state index contributed by atoms with van der Waals surface area (Å²) in [6, 6.07) is 12.0. The van der Waals surface area contributed by atoms with E-state index in [4.69, 9.17) is 0 Å². The second-order valence-corrected chi connectivity index (χ2v) is 8.15. The smallest absolute Gasteiger partial charge is 0.269 e. The van der Waals surface area contributed by atoms with Gasteiger partial charge in [0.15, 0.2) is 5.16 Å². The van der Waals surface area contributed by atoms with Gasteiger partial charge in [0.25, 0.3) is 5.69 Å². The lowest BCUT2D eigenvalue weighted by Gasteiger charge is -2.06. The minimum atomic E-state index is -0.495. The van der Waals surface area contributed by atoms with Crippen molar-refractivity contribution in [1.82, 2.24) is 14.8 Å². The second-order valence-electron chi connectivity index (χ2n) is 6.22. The summed E-state index contributed by atoms with van der Waals surface area (Å²) in [7, 11) is 1.84. The fourth-order valence-corrected chi connectivity index (χ4v) is 4.13. The summed E-state index contributed by atoms with van der Waals surface area (Å²) in [6.45, 7) is 0. The van der Waals surface area contributed by atoms with Crippen LogP contribution in [0.15, 0.2) is 53.7 Å². The highest BCUT2D eigenvalue weighted by molar-refractivity contribution is 7.99. The van der Waals surface area contributed by atoms with E-state index >= 15 is 0 Å². The number of non-ortho nitro benzene ring substituents is 1. The number of nitro benzene ring substituents is 1. The number of carbonyl (C=O) groups is 1. The number of benzene rings is 2. The maximum absolute atomic E-state index is 12.9. The molecule has 0 saturated heterocycles. The van der Waals surface area contributed by atoms with Crippen LogP contribution in [0.3, 0.4) is 0 Å². The number of hydrogen-bond donors (Lipinski definition) is 1. The molecule has 0 bridgehead atoms. The molecule has 1 heterocycles. The predicted molar refractivity (Wildman–Crippen MR) is 115 cm³/mol. The van der Waals surface area contributed by atoms with Gasteiger partial charge in [-0.15, -0.1) is 22.0 Å². The number of anilines is 1. The van der Waals surface area contributed by atoms with Crippen molar-refractivity contribution in [1.29, 1.82) is 0 Å². The Hall–Kier alpha value is -2.92. The third-order valence-electron chi connectivity index (χ3n) is 4.03. The number of rotatable bonds is 9. The Bertz CT molecular complexity index is 1030. The average molecular weight is 448 g/mol. The van der Waals surface area contributed by atoms with E-state index in [-0.39, 0.29) is 23.2 Å². The molecule has 3 aromatic rings. The third kappa shape index (κ3) is 6.04. The van der Waals surface area contributed by atoms with Crippen LogP contribution in [0.25, 0.3) is 0 Å². The van der Waals surface area contributed by atoms with E-state index < -0.39 is 4.92 Å². The number of nitrogens with one attached hydrogen (secondary N) is 1. The number of hydrogen-bond acceptors (Lipinski definition) is 7. The van der Waals surface area contributed by atoms with Gasteiger partial charge in [0, 0.05) is 30.6 Å². The van der Waals surface area contributed by atoms with E-state index in [9.17, 15) is 19.3 Å². The van der Waals surface area contributed by atoms with E-state index in [0.29, 0.717) is 16.6 Å². The zero-order chi connectivity index (χ0) is 21.5. The largest absolute Gasteiger partial charge is 0.325 e. The summed E-state index contributed by atoms with van der Waals surface area (Å²) in [5.74, 6) is 1.77. The van der Waals surface area contributed by atoms with Crippen LogP contribution in [0.4, 0.5) is 15.8 Å². The van der Waals surface area contributed by atoms with Crippen molar-refractivity contribution < 1.29 is 14.1 Å². The van der Waals surface area contributed by atoms with Gasteiger partial charge in [-0.1, -0.05) is 23.9 Å². The first kappa shape index (κ1) is 21.8. The first-order chi connectivity index (χ1) is 14.4. The molecule has 2 aromatic carbocycles. The Morgan fingerprint density at radius 3 is 2.50 bits per heavy atom. The van der Waals surface area contributed by atoms with Gasteiger partial charge in [0.1, 0.15) is 11.6 Å². The molecule has 11 heteroatoms. The van der Waals surface area contributed by atoms with Gasteiger partial charge in [-0.25, -0.2) is 4.39 Å². The average Bonchev–Trinajstić information content (AvgIpc) is 3.08. The molecule has 0 fully saturated rings. The van der Waals surface area contributed by atoms with Crippen molar-refractivity contribution in [2.45, 2.75) is 16.7 Å². The number of thioether (sulfide) groups is 2. The quantitative estimate of drug-likeness (QED) is 0.300. The molecule has 0 aliphatic heterocycles. The fourth-order valence-electron chi connectivity index (χ4n) is 2.43. The molecular formula is C19H18FN5O3S2. The van der Waals surface area contributed by atoms with Crippen LogP contribution < -0.4 is 5.32 Å². The van der Waals surface area contributed by atoms with Crippen LogP contribution >= 0.6 is 23.5 Å². The monoisotopic (exact) mass is 447 g/mol. The minimum absolute atomic E-state index is 0.0358. The summed E-state index contributed by atoms with van der Waals surface area (Å²) in [4.78, 5) is 22.3. The number of nitro groups is 1. The van der Waals surface area contributed by atoms with Gasteiger partial charge in [-0.3, -0.25) is 14.9 Å². The summed E-state index contributed by atoms with van der Waals surface area (Å²) < 4.78 is 14.8. The molecule has 1 aromatic heterocycles. The zero-order valence-corrected chi connectivity index (χ0v) is 17.6. The van der Waals surface area contributed by atoms with Crippen LogP contribution in [-0.2, 0) is 23.3 Å². The minimum Gasteiger partial charge on any atom is -0.325 e. The highest BCUT2D eigenvalue weighted by Crippen LogP contribution is 2.21. The summed E-state index contributed by atoms with van der Waals surface area (Å²) >= 11 is 2.89. The third-order valence-corrected chi connectivity index (χ3v) is 6.05. The number of halogens is 1. The Morgan fingerprint density at radius 2 is 1.83 bits per heavy atom. The molecule has 0 saturated carbocycles. The van der Waals surface area contributed by atoms with E-state index in [1.807, 2.05) is 11.6 Å². The predicted octanol–water partition coefficient (Wildman–Crippen LogP) is 4.03. The molecular weight excluding hydrogens is 429 g/mol. The summed E-state index contributed by atoms with van der Waals surface area (Å²) in [6.07, 6.45) is 0. The molecule has 1 amide bonds. The number of carbonyl (C=O) groups excluding carboxylic acids is 1. The molecule has 0 atom stereocenters. The van der Waals surface area contributed by atoms with E-state index in [1.165, 1.54) is 48.2 Å². The fraction of sp³-hybridized carbons (Fsp3) is 0.211. The van der Waals surface area contributed by atoms with Crippen LogP contribution in [0, 0.1) is 15.9 Å². The molecule has 0 radical (unpaired) electrons. The maximum Gasteiger partial charge on any atom is 0.269 e. The lowest BCUT2D eigenvalue weighted by molar-refractivity contribution is -0.384. The highest BCUT2D eigenvalue weighted by atomic mass is 32.2. The molecule has 8 nitrogen and oxygen atoms in total. The molecule has 30 heavy (non-hydrogen) atoms. The van der Waals surface area contributed by atoms with Crippen LogP contribution in [0.1, 0.15) is 11.4 Å². The summed E-state index contributed by atoms with van der Waals surface area (Å²) in [5.41, 5.74) is 1.48. The van der Waals surface area contributed by atoms with Crippen molar-refractivity contribution in [3.63, 3.8) is 0 Å². The Morgan fingerprint density at radius 1 is 1.13 bits per heavy atom. The van der Waals surface area contributed by atoms with Crippen LogP contribution in [0.2, 0.25) is 0 Å². The van der Waals surface area contributed by atoms with E-state index in [1.54, 1.807) is 23.9 Å². The molecule has 156 valence electrons. The van der Waals surface area contributed by atoms with Crippen molar-refractivity contribution in [3.05, 3.63) is 75.9 Å². The topological polar surface area (TPSA) is 103 Å². The first-order valence-corrected chi connectivity index (χ1v) is 10.9. The second kappa shape index (κ2) is 10.2. The molecule has 0 unspecified atom stereocenters. The molecule has 3 rings (SSSR count). The standard InChI is InChI=1S/C19H18FN5O3S2/c1-24-17(11-29-10-13-2-4-14(20)5-3-13)22-23-19(24)30-12-18(26)21-15-6-8-16(9-7-15)25(27)28/h2-9H,10-12H2,1H3,(H,21,26). The highest BCUT2D eigenvalue weighted by Gasteiger charge is 2.12. The molecule has 0 aliphatic carbocycles. The normalized spacial score (nSPS) is 10.7. The Kier molecular flexibility index (Phi) is 7.41. The number of amides is 1. The Balaban J connectivity index is 1.46. The van der Waals surface area contributed by atoms with Crippen molar-refractivity contribution in [2.75, 3.05) is 11.1 Å². The van der Waals surface area contributed by atoms with Crippen molar-refractivity contribution in [3.8, 4) is 0 Å². The lowest BCUT2D eigenvalue weighted by atomic mass is 10.2. The number of aromatic nitrogens is 3. The Labute approximate surface area is 180 Å². The van der Waals surface area contributed by atoms with Gasteiger partial charge in [0.2, 0.25) is 5.91 Å². The van der Waals surface area contributed by atoms with E-state index in [2.05, 4.69) is 15.5 Å². The molecule has 0 spiro atoms. The van der Waals surface area contributed by atoms with Gasteiger partial charge < -0.3 is 9.88 Å². The zero-order valence-electron chi connectivity index (χ0n) is 15.9. The van der Waals surface area contributed by atoms with Gasteiger partial charge >= 0.3 is 0 Å². The maximum atomic E-state index is 12.9. The van der Waals surface area contributed by atoms with Gasteiger partial charge in [-0.2, -0.15) is 0 Å². The van der Waals surface area contributed by atoms with Gasteiger partial charge in [-0.05, 0) is 29.8 Å². The number of nitrogens with zero attached hydrogens (tertiary/aromatic N) is 4. The van der Waals surface area contributed by atoms with E-state index in [0.717, 1.165) is 17.1 Å².